The summed E-state index contributed by atoms with van der Waals surface area (Å²) < 4.78 is 7.69. The smallest absolute Gasteiger partial charge is 0.172 e. The number of oxime groups is 1. The Kier molecular flexibility index (Phi) is 5.44. The zero-order chi connectivity index (χ0) is 23.0. The quantitative estimate of drug-likeness (QED) is 0.555. The summed E-state index contributed by atoms with van der Waals surface area (Å²) in [5.74, 6) is 1.74. The molecule has 170 valence electrons. The van der Waals surface area contributed by atoms with Crippen molar-refractivity contribution >= 4 is 11.9 Å². The Labute approximate surface area is 195 Å². The molecule has 0 amide bonds. The average molecular weight is 443 g/mol. The van der Waals surface area contributed by atoms with Crippen LogP contribution in [0.4, 0.5) is 0 Å². The van der Waals surface area contributed by atoms with Crippen molar-refractivity contribution < 1.29 is 9.57 Å². The fourth-order valence-corrected chi connectivity index (χ4v) is 4.74. The normalized spacial score (nSPS) is 21.4. The van der Waals surface area contributed by atoms with Gasteiger partial charge in [0.15, 0.2) is 5.84 Å². The number of nitrogens with zero attached hydrogens (tertiary/aromatic N) is 4. The van der Waals surface area contributed by atoms with Crippen LogP contribution in [0, 0.1) is 13.8 Å². The predicted octanol–water partition coefficient (Wildman–Crippen LogP) is 5.24. The summed E-state index contributed by atoms with van der Waals surface area (Å²) in [6, 6.07) is 15.0. The molecule has 1 fully saturated rings. The van der Waals surface area contributed by atoms with Gasteiger partial charge in [-0.15, -0.1) is 0 Å². The summed E-state index contributed by atoms with van der Waals surface area (Å²) in [5, 5.41) is 4.51. The highest BCUT2D eigenvalue weighted by atomic mass is 16.6. The first-order valence-electron chi connectivity index (χ1n) is 11.4. The Morgan fingerprint density at radius 3 is 2.67 bits per heavy atom. The van der Waals surface area contributed by atoms with Gasteiger partial charge in [-0.25, -0.2) is 4.98 Å². The van der Waals surface area contributed by atoms with E-state index in [-0.39, 0.29) is 5.54 Å². The Hall–Kier alpha value is -3.54. The second-order valence-electron chi connectivity index (χ2n) is 9.11. The van der Waals surface area contributed by atoms with Gasteiger partial charge >= 0.3 is 0 Å². The maximum atomic E-state index is 5.80. The number of methoxy groups -OCH3 is 1. The highest BCUT2D eigenvalue weighted by Crippen LogP contribution is 2.38. The van der Waals surface area contributed by atoms with E-state index in [2.05, 4.69) is 77.4 Å². The van der Waals surface area contributed by atoms with E-state index in [1.54, 1.807) is 7.11 Å². The lowest BCUT2D eigenvalue weighted by atomic mass is 9.86. The number of aromatic nitrogens is 2. The monoisotopic (exact) mass is 442 g/mol. The van der Waals surface area contributed by atoms with E-state index in [1.807, 2.05) is 24.0 Å². The van der Waals surface area contributed by atoms with Crippen LogP contribution in [0.2, 0.25) is 0 Å². The number of amidine groups is 1. The topological polar surface area (TPSA) is 51.9 Å². The molecule has 1 saturated heterocycles. The minimum atomic E-state index is -0.245. The molecule has 1 unspecified atom stereocenters. The average Bonchev–Trinajstić information content (AvgIpc) is 3.26. The number of piperidine rings is 1. The fourth-order valence-electron chi connectivity index (χ4n) is 4.74. The molecule has 0 N–H and O–H groups in total. The second kappa shape index (κ2) is 8.43. The molecular weight excluding hydrogens is 412 g/mol. The molecular formula is C27H30N4O2. The highest BCUT2D eigenvalue weighted by molar-refractivity contribution is 6.03. The van der Waals surface area contributed by atoms with Gasteiger partial charge in [-0.1, -0.05) is 41.1 Å². The van der Waals surface area contributed by atoms with Crippen molar-refractivity contribution in [3.05, 3.63) is 82.9 Å². The Balaban J connectivity index is 1.48. The van der Waals surface area contributed by atoms with E-state index in [0.717, 1.165) is 47.9 Å². The van der Waals surface area contributed by atoms with Crippen LogP contribution in [-0.2, 0) is 10.4 Å². The molecule has 33 heavy (non-hydrogen) atoms. The van der Waals surface area contributed by atoms with Crippen molar-refractivity contribution in [2.24, 2.45) is 5.16 Å². The number of aryl methyl sites for hydroxylation is 2. The Morgan fingerprint density at radius 2 is 1.94 bits per heavy atom. The molecule has 1 aromatic heterocycles. The van der Waals surface area contributed by atoms with E-state index in [4.69, 9.17) is 9.57 Å². The third-order valence-corrected chi connectivity index (χ3v) is 6.67. The number of imidazole rings is 1. The number of rotatable bonds is 4. The van der Waals surface area contributed by atoms with E-state index in [9.17, 15) is 0 Å². The van der Waals surface area contributed by atoms with Gasteiger partial charge in [-0.2, -0.15) is 0 Å². The van der Waals surface area contributed by atoms with Gasteiger partial charge < -0.3 is 19.0 Å². The minimum Gasteiger partial charge on any atom is -0.495 e. The van der Waals surface area contributed by atoms with E-state index < -0.39 is 0 Å². The Bertz CT molecular complexity index is 1230. The van der Waals surface area contributed by atoms with E-state index >= 15 is 0 Å². The molecule has 1 atom stereocenters. The zero-order valence-corrected chi connectivity index (χ0v) is 19.7. The lowest BCUT2D eigenvalue weighted by Crippen LogP contribution is -2.55. The van der Waals surface area contributed by atoms with Crippen molar-refractivity contribution in [2.75, 3.05) is 20.3 Å². The predicted molar refractivity (Wildman–Crippen MR) is 131 cm³/mol. The van der Waals surface area contributed by atoms with Crippen LogP contribution in [0.15, 0.2) is 65.7 Å². The highest BCUT2D eigenvalue weighted by Gasteiger charge is 2.42. The molecule has 2 aliphatic rings. The zero-order valence-electron chi connectivity index (χ0n) is 19.7. The molecule has 0 bridgehead atoms. The van der Waals surface area contributed by atoms with Gasteiger partial charge in [-0.05, 0) is 68.5 Å². The molecule has 6 nitrogen and oxygen atoms in total. The van der Waals surface area contributed by atoms with Gasteiger partial charge in [0.1, 0.15) is 17.9 Å². The van der Waals surface area contributed by atoms with Gasteiger partial charge in [-0.3, -0.25) is 0 Å². The van der Waals surface area contributed by atoms with Crippen molar-refractivity contribution in [2.45, 2.75) is 39.2 Å². The van der Waals surface area contributed by atoms with Gasteiger partial charge in [0, 0.05) is 12.7 Å². The van der Waals surface area contributed by atoms with Crippen LogP contribution < -0.4 is 4.74 Å². The summed E-state index contributed by atoms with van der Waals surface area (Å²) in [4.78, 5) is 12.5. The summed E-state index contributed by atoms with van der Waals surface area (Å²) in [5.41, 5.74) is 6.47. The molecule has 0 spiro atoms. The largest absolute Gasteiger partial charge is 0.495 e. The first-order chi connectivity index (χ1) is 16.0. The molecule has 0 radical (unpaired) electrons. The number of ether oxygens (including phenoxy) is 1. The van der Waals surface area contributed by atoms with Crippen molar-refractivity contribution in [3.63, 3.8) is 0 Å². The van der Waals surface area contributed by atoms with Crippen LogP contribution in [0.1, 0.15) is 42.1 Å². The second-order valence-corrected chi connectivity index (χ2v) is 9.11. The van der Waals surface area contributed by atoms with Crippen LogP contribution in [-0.4, -0.2) is 40.5 Å². The van der Waals surface area contributed by atoms with Crippen molar-refractivity contribution in [3.8, 4) is 11.4 Å². The SMILES string of the molecule is COc1cc(/C=C2\CCCN3C2=NOCC3(C)c2ccc(C)cc2)ccc1-n1cnc(C)c1. The summed E-state index contributed by atoms with van der Waals surface area (Å²) in [6.07, 6.45) is 8.06. The van der Waals surface area contributed by atoms with Crippen molar-refractivity contribution in [1.29, 1.82) is 0 Å². The Morgan fingerprint density at radius 1 is 1.12 bits per heavy atom. The molecule has 0 saturated carbocycles. The maximum Gasteiger partial charge on any atom is 0.172 e. The van der Waals surface area contributed by atoms with Gasteiger partial charge in [0.2, 0.25) is 0 Å². The van der Waals surface area contributed by atoms with E-state index in [0.29, 0.717) is 6.61 Å². The number of benzene rings is 2. The van der Waals surface area contributed by atoms with Crippen LogP contribution in [0.5, 0.6) is 5.75 Å². The summed E-state index contributed by atoms with van der Waals surface area (Å²) in [6.45, 7) is 7.85. The van der Waals surface area contributed by atoms with E-state index in [1.165, 1.54) is 16.7 Å². The lowest BCUT2D eigenvalue weighted by molar-refractivity contribution is 0.00243. The standard InChI is InChI=1S/C27H30N4O2/c1-19-7-10-23(11-8-19)27(3)17-33-29-26-22(6-5-13-31(26)27)14-21-9-12-24(25(15-21)32-4)30-16-20(2)28-18-30/h7-12,14-16,18H,5-6,13,17H2,1-4H3/b22-14+. The van der Waals surface area contributed by atoms with Gasteiger partial charge in [0.25, 0.3) is 0 Å². The summed E-state index contributed by atoms with van der Waals surface area (Å²) >= 11 is 0. The number of hydrogen-bond donors (Lipinski definition) is 0. The maximum absolute atomic E-state index is 5.80. The van der Waals surface area contributed by atoms with Crippen LogP contribution in [0.25, 0.3) is 11.8 Å². The lowest BCUT2D eigenvalue weighted by Gasteiger charge is -2.47. The molecule has 3 aromatic rings. The van der Waals surface area contributed by atoms with Crippen LogP contribution in [0.3, 0.4) is 0 Å². The third kappa shape index (κ3) is 3.90. The van der Waals surface area contributed by atoms with Crippen molar-refractivity contribution in [1.82, 2.24) is 14.5 Å². The number of fused-ring (bicyclic) bond motifs is 1. The molecule has 2 aliphatic heterocycles. The third-order valence-electron chi connectivity index (χ3n) is 6.67. The number of hydrogen-bond acceptors (Lipinski definition) is 5. The fraction of sp³-hybridized carbons (Fsp3) is 0.333. The molecule has 6 heteroatoms. The summed E-state index contributed by atoms with van der Waals surface area (Å²) in [7, 11) is 1.70. The molecule has 5 rings (SSSR count). The minimum absolute atomic E-state index is 0.245. The van der Waals surface area contributed by atoms with Gasteiger partial charge in [0.05, 0.1) is 24.8 Å². The van der Waals surface area contributed by atoms with Crippen LogP contribution >= 0.6 is 0 Å². The molecule has 0 aliphatic carbocycles. The first-order valence-corrected chi connectivity index (χ1v) is 11.4. The first kappa shape index (κ1) is 21.3. The molecule has 3 heterocycles. The molecule has 2 aromatic carbocycles.